The highest BCUT2D eigenvalue weighted by molar-refractivity contribution is 5.94. The van der Waals surface area contributed by atoms with E-state index in [1.54, 1.807) is 17.0 Å². The van der Waals surface area contributed by atoms with Crippen molar-refractivity contribution in [2.24, 2.45) is 0 Å². The number of amides is 2. The van der Waals surface area contributed by atoms with Gasteiger partial charge in [0.05, 0.1) is 43.7 Å². The van der Waals surface area contributed by atoms with Gasteiger partial charge in [0.25, 0.3) is 0 Å². The van der Waals surface area contributed by atoms with Crippen LogP contribution < -0.4 is 10.1 Å². The maximum atomic E-state index is 12.6. The first kappa shape index (κ1) is 18.1. The van der Waals surface area contributed by atoms with Crippen molar-refractivity contribution in [2.75, 3.05) is 32.6 Å². The lowest BCUT2D eigenvalue weighted by Gasteiger charge is -2.41. The molecule has 1 fully saturated rings. The van der Waals surface area contributed by atoms with Gasteiger partial charge in [-0.15, -0.1) is 0 Å². The molecule has 1 aromatic rings. The molecule has 1 aliphatic rings. The summed E-state index contributed by atoms with van der Waals surface area (Å²) in [6, 6.07) is 4.50. The van der Waals surface area contributed by atoms with Gasteiger partial charge < -0.3 is 24.4 Å². The zero-order valence-corrected chi connectivity index (χ0v) is 14.7. The van der Waals surface area contributed by atoms with Crippen LogP contribution in [0.15, 0.2) is 18.2 Å². The third-order valence-corrected chi connectivity index (χ3v) is 3.72. The van der Waals surface area contributed by atoms with Crippen molar-refractivity contribution in [3.8, 4) is 5.75 Å². The molecule has 1 aliphatic heterocycles. The summed E-state index contributed by atoms with van der Waals surface area (Å²) in [6.45, 7) is 6.85. The van der Waals surface area contributed by atoms with Crippen molar-refractivity contribution in [2.45, 2.75) is 32.5 Å². The Morgan fingerprint density at radius 2 is 2.04 bits per heavy atom. The molecule has 7 heteroatoms. The predicted molar refractivity (Wildman–Crippen MR) is 89.6 cm³/mol. The van der Waals surface area contributed by atoms with E-state index in [-0.39, 0.29) is 12.1 Å². The fourth-order valence-electron chi connectivity index (χ4n) is 2.84. The Morgan fingerprint density at radius 3 is 2.62 bits per heavy atom. The maximum Gasteiger partial charge on any atom is 0.337 e. The second-order valence-electron chi connectivity index (χ2n) is 6.41. The molecule has 1 atom stereocenters. The van der Waals surface area contributed by atoms with Crippen LogP contribution in [0.3, 0.4) is 0 Å². The average Bonchev–Trinajstić information content (AvgIpc) is 2.52. The Morgan fingerprint density at radius 1 is 1.33 bits per heavy atom. The summed E-state index contributed by atoms with van der Waals surface area (Å²) in [7, 11) is 2.79. The minimum Gasteiger partial charge on any atom is -0.495 e. The van der Waals surface area contributed by atoms with Gasteiger partial charge in [0, 0.05) is 6.54 Å². The third-order valence-electron chi connectivity index (χ3n) is 3.72. The quantitative estimate of drug-likeness (QED) is 0.858. The van der Waals surface area contributed by atoms with E-state index < -0.39 is 11.6 Å². The summed E-state index contributed by atoms with van der Waals surface area (Å²) in [5.41, 5.74) is 0.453. The number of urea groups is 1. The van der Waals surface area contributed by atoms with E-state index in [0.29, 0.717) is 30.1 Å². The van der Waals surface area contributed by atoms with E-state index in [1.807, 2.05) is 20.8 Å². The van der Waals surface area contributed by atoms with Crippen LogP contribution in [0.25, 0.3) is 0 Å². The van der Waals surface area contributed by atoms with Crippen LogP contribution >= 0.6 is 0 Å². The number of anilines is 1. The van der Waals surface area contributed by atoms with Gasteiger partial charge in [-0.3, -0.25) is 0 Å². The lowest BCUT2D eigenvalue weighted by molar-refractivity contribution is -0.116. The highest BCUT2D eigenvalue weighted by Gasteiger charge is 2.33. The highest BCUT2D eigenvalue weighted by Crippen LogP contribution is 2.27. The zero-order valence-electron chi connectivity index (χ0n) is 14.7. The molecule has 24 heavy (non-hydrogen) atoms. The molecule has 0 aromatic heterocycles. The molecule has 0 bridgehead atoms. The zero-order chi connectivity index (χ0) is 17.9. The van der Waals surface area contributed by atoms with E-state index >= 15 is 0 Å². The summed E-state index contributed by atoms with van der Waals surface area (Å²) < 4.78 is 15.8. The first-order valence-electron chi connectivity index (χ1n) is 7.76. The Labute approximate surface area is 141 Å². The van der Waals surface area contributed by atoms with Crippen molar-refractivity contribution in [1.29, 1.82) is 0 Å². The number of carbonyl (C=O) groups is 2. The second-order valence-corrected chi connectivity index (χ2v) is 6.41. The number of rotatable bonds is 3. The number of esters is 1. The lowest BCUT2D eigenvalue weighted by atomic mass is 10.1. The SMILES string of the molecule is COC(=O)c1ccc(NC(=O)N2CC(C)OC(C)(C)C2)c(OC)c1. The van der Waals surface area contributed by atoms with Crippen LogP contribution in [0.2, 0.25) is 0 Å². The van der Waals surface area contributed by atoms with E-state index in [1.165, 1.54) is 20.3 Å². The third kappa shape index (κ3) is 4.17. The first-order chi connectivity index (χ1) is 11.3. The van der Waals surface area contributed by atoms with Gasteiger partial charge >= 0.3 is 12.0 Å². The molecule has 1 saturated heterocycles. The number of morpholine rings is 1. The molecule has 1 N–H and O–H groups in total. The number of benzene rings is 1. The van der Waals surface area contributed by atoms with E-state index in [9.17, 15) is 9.59 Å². The number of nitrogens with zero attached hydrogens (tertiary/aromatic N) is 1. The molecule has 0 aliphatic carbocycles. The Kier molecular flexibility index (Phi) is 5.33. The predicted octanol–water partition coefficient (Wildman–Crippen LogP) is 2.51. The minimum atomic E-state index is -0.463. The lowest BCUT2D eigenvalue weighted by Crippen LogP contribution is -2.54. The molecule has 2 rings (SSSR count). The van der Waals surface area contributed by atoms with Crippen molar-refractivity contribution in [3.63, 3.8) is 0 Å². The molecule has 132 valence electrons. The van der Waals surface area contributed by atoms with Gasteiger partial charge in [0.15, 0.2) is 0 Å². The van der Waals surface area contributed by atoms with Crippen LogP contribution in [0, 0.1) is 0 Å². The fourth-order valence-corrected chi connectivity index (χ4v) is 2.84. The topological polar surface area (TPSA) is 77.1 Å². The molecule has 1 unspecified atom stereocenters. The molecular formula is C17H24N2O5. The molecule has 7 nitrogen and oxygen atoms in total. The summed E-state index contributed by atoms with van der Waals surface area (Å²) in [6.07, 6.45) is -0.0388. The minimum absolute atomic E-state index is 0.0388. The summed E-state index contributed by atoms with van der Waals surface area (Å²) in [4.78, 5) is 25.8. The fraction of sp³-hybridized carbons (Fsp3) is 0.529. The van der Waals surface area contributed by atoms with Crippen LogP contribution in [0.1, 0.15) is 31.1 Å². The molecule has 1 aromatic carbocycles. The summed E-state index contributed by atoms with van der Waals surface area (Å²) >= 11 is 0. The molecule has 0 radical (unpaired) electrons. The van der Waals surface area contributed by atoms with Crippen molar-refractivity contribution in [3.05, 3.63) is 23.8 Å². The van der Waals surface area contributed by atoms with E-state index in [2.05, 4.69) is 10.1 Å². The largest absolute Gasteiger partial charge is 0.495 e. The number of methoxy groups -OCH3 is 2. The Balaban J connectivity index is 2.15. The van der Waals surface area contributed by atoms with Crippen LogP contribution in [-0.2, 0) is 9.47 Å². The summed E-state index contributed by atoms with van der Waals surface area (Å²) in [5, 5.41) is 2.83. The van der Waals surface area contributed by atoms with E-state index in [4.69, 9.17) is 9.47 Å². The van der Waals surface area contributed by atoms with Gasteiger partial charge in [-0.1, -0.05) is 0 Å². The number of carbonyl (C=O) groups excluding carboxylic acids is 2. The molecule has 1 heterocycles. The number of hydrogen-bond donors (Lipinski definition) is 1. The van der Waals surface area contributed by atoms with Crippen molar-refractivity contribution >= 4 is 17.7 Å². The summed E-state index contributed by atoms with van der Waals surface area (Å²) in [5.74, 6) is -0.0678. The van der Waals surface area contributed by atoms with Crippen LogP contribution in [-0.4, -0.2) is 55.9 Å². The van der Waals surface area contributed by atoms with Gasteiger partial charge in [0.2, 0.25) is 0 Å². The van der Waals surface area contributed by atoms with Crippen LogP contribution in [0.4, 0.5) is 10.5 Å². The number of ether oxygens (including phenoxy) is 3. The normalized spacial score (nSPS) is 19.5. The maximum absolute atomic E-state index is 12.6. The Bertz CT molecular complexity index is 629. The number of hydrogen-bond acceptors (Lipinski definition) is 5. The van der Waals surface area contributed by atoms with Gasteiger partial charge in [-0.25, -0.2) is 9.59 Å². The average molecular weight is 336 g/mol. The van der Waals surface area contributed by atoms with Crippen molar-refractivity contribution < 1.29 is 23.8 Å². The van der Waals surface area contributed by atoms with Crippen molar-refractivity contribution in [1.82, 2.24) is 4.90 Å². The van der Waals surface area contributed by atoms with Gasteiger partial charge in [0.1, 0.15) is 5.75 Å². The highest BCUT2D eigenvalue weighted by atomic mass is 16.5. The van der Waals surface area contributed by atoms with Crippen LogP contribution in [0.5, 0.6) is 5.75 Å². The standard InChI is InChI=1S/C17H24N2O5/c1-11-9-19(10-17(2,3)24-11)16(21)18-13-7-6-12(15(20)23-5)8-14(13)22-4/h6-8,11H,9-10H2,1-5H3,(H,18,21). The number of nitrogens with one attached hydrogen (secondary N) is 1. The Hall–Kier alpha value is -2.28. The first-order valence-corrected chi connectivity index (χ1v) is 7.76. The molecular weight excluding hydrogens is 312 g/mol. The van der Waals surface area contributed by atoms with E-state index in [0.717, 1.165) is 0 Å². The van der Waals surface area contributed by atoms with Gasteiger partial charge in [-0.2, -0.15) is 0 Å². The molecule has 2 amide bonds. The molecule has 0 spiro atoms. The van der Waals surface area contributed by atoms with Gasteiger partial charge in [-0.05, 0) is 39.0 Å². The second kappa shape index (κ2) is 7.09. The smallest absolute Gasteiger partial charge is 0.337 e. The monoisotopic (exact) mass is 336 g/mol. The molecule has 0 saturated carbocycles.